The molecule has 0 bridgehead atoms. The highest BCUT2D eigenvalue weighted by Crippen LogP contribution is 2.37. The van der Waals surface area contributed by atoms with Gasteiger partial charge in [-0.1, -0.05) is 11.7 Å². The molecule has 12 heteroatoms. The van der Waals surface area contributed by atoms with Crippen LogP contribution in [0.25, 0.3) is 0 Å². The lowest BCUT2D eigenvalue weighted by Crippen LogP contribution is -2.70. The number of carbonyl (C=O) groups is 3. The van der Waals surface area contributed by atoms with Crippen molar-refractivity contribution in [2.45, 2.75) is 18.3 Å². The van der Waals surface area contributed by atoms with Gasteiger partial charge in [0.05, 0.1) is 0 Å². The number of nitrogens with two attached hydrogens (primary N) is 1. The number of fused-ring (bicyclic) bond motifs is 1. The van der Waals surface area contributed by atoms with E-state index in [-0.39, 0.29) is 28.8 Å². The zero-order chi connectivity index (χ0) is 21.1. The molecule has 1 fully saturated rings. The highest BCUT2D eigenvalue weighted by Gasteiger charge is 2.53. The van der Waals surface area contributed by atoms with Crippen LogP contribution in [0, 0.1) is 0 Å². The minimum Gasteiger partial charge on any atom is -0.457 e. The molecule has 2 aliphatic rings. The molecule has 0 aliphatic carbocycles. The molecule has 2 amide bonds. The number of amides is 2. The maximum Gasteiger partial charge on any atom is 0.355 e. The van der Waals surface area contributed by atoms with Crippen molar-refractivity contribution in [1.82, 2.24) is 15.2 Å². The summed E-state index contributed by atoms with van der Waals surface area (Å²) < 4.78 is 5.14. The van der Waals surface area contributed by atoms with Gasteiger partial charge in [-0.05, 0) is 18.6 Å². The number of oxime groups is 1. The first kappa shape index (κ1) is 20.9. The first-order valence-electron chi connectivity index (χ1n) is 8.43. The van der Waals surface area contributed by atoms with Crippen LogP contribution in [0.1, 0.15) is 12.6 Å². The van der Waals surface area contributed by atoms with Crippen molar-refractivity contribution in [3.05, 3.63) is 35.0 Å². The van der Waals surface area contributed by atoms with Crippen LogP contribution >= 0.6 is 23.1 Å². The van der Waals surface area contributed by atoms with Gasteiger partial charge in [0.1, 0.15) is 36.5 Å². The van der Waals surface area contributed by atoms with Gasteiger partial charge in [-0.3, -0.25) is 14.5 Å². The molecule has 3 heterocycles. The van der Waals surface area contributed by atoms with Gasteiger partial charge in [-0.15, -0.1) is 23.1 Å². The fraction of sp³-hybridized carbons (Fsp3) is 0.353. The van der Waals surface area contributed by atoms with E-state index < -0.39 is 29.2 Å². The average Bonchev–Trinajstić information content (AvgIpc) is 3.13. The summed E-state index contributed by atoms with van der Waals surface area (Å²) in [5, 5.41) is 7.75. The van der Waals surface area contributed by atoms with E-state index in [0.29, 0.717) is 11.3 Å². The minimum absolute atomic E-state index is 0.0732. The molecule has 0 aromatic carbocycles. The summed E-state index contributed by atoms with van der Waals surface area (Å²) in [6, 6.07) is -0.817. The predicted molar refractivity (Wildman–Crippen MR) is 109 cm³/mol. The zero-order valence-corrected chi connectivity index (χ0v) is 17.3. The molecule has 2 atom stereocenters. The van der Waals surface area contributed by atoms with Crippen molar-refractivity contribution in [3.63, 3.8) is 0 Å². The molecule has 154 valence electrons. The molecule has 2 aliphatic heterocycles. The Hall–Kier alpha value is -2.86. The van der Waals surface area contributed by atoms with Crippen molar-refractivity contribution in [3.8, 4) is 0 Å². The van der Waals surface area contributed by atoms with E-state index in [1.165, 1.54) is 23.8 Å². The highest BCUT2D eigenvalue weighted by atomic mass is 32.2. The largest absolute Gasteiger partial charge is 0.457 e. The maximum atomic E-state index is 12.7. The molecular formula is C17H19N5O5S2. The first-order valence-corrected chi connectivity index (χ1v) is 10.4. The topological polar surface area (TPSA) is 136 Å². The summed E-state index contributed by atoms with van der Waals surface area (Å²) in [6.45, 7) is 5.48. The number of thioether (sulfide) groups is 1. The van der Waals surface area contributed by atoms with E-state index in [0.717, 1.165) is 11.3 Å². The number of aromatic nitrogens is 1. The Bertz CT molecular complexity index is 925. The van der Waals surface area contributed by atoms with Gasteiger partial charge >= 0.3 is 5.97 Å². The van der Waals surface area contributed by atoms with E-state index in [1.54, 1.807) is 18.4 Å². The Morgan fingerprint density at radius 3 is 2.90 bits per heavy atom. The van der Waals surface area contributed by atoms with Crippen molar-refractivity contribution < 1.29 is 24.0 Å². The molecule has 0 radical (unpaired) electrons. The second kappa shape index (κ2) is 8.66. The van der Waals surface area contributed by atoms with Crippen molar-refractivity contribution in [1.29, 1.82) is 0 Å². The molecular weight excluding hydrogens is 418 g/mol. The van der Waals surface area contributed by atoms with E-state index >= 15 is 0 Å². The van der Waals surface area contributed by atoms with Crippen LogP contribution in [0.15, 0.2) is 34.5 Å². The van der Waals surface area contributed by atoms with Gasteiger partial charge in [0.2, 0.25) is 0 Å². The molecule has 3 N–H and O–H groups in total. The number of thiazole rings is 1. The van der Waals surface area contributed by atoms with Crippen molar-refractivity contribution >= 4 is 51.7 Å². The van der Waals surface area contributed by atoms with E-state index in [9.17, 15) is 14.4 Å². The van der Waals surface area contributed by atoms with Crippen LogP contribution in [0.2, 0.25) is 0 Å². The molecule has 1 saturated heterocycles. The van der Waals surface area contributed by atoms with Crippen molar-refractivity contribution in [2.75, 3.05) is 25.2 Å². The monoisotopic (exact) mass is 437 g/mol. The van der Waals surface area contributed by atoms with Crippen LogP contribution in [0.3, 0.4) is 0 Å². The van der Waals surface area contributed by atoms with E-state index in [1.807, 2.05) is 0 Å². The second-order valence-electron chi connectivity index (χ2n) is 6.20. The molecule has 0 saturated carbocycles. The van der Waals surface area contributed by atoms with Gasteiger partial charge in [-0.2, -0.15) is 0 Å². The van der Waals surface area contributed by atoms with Crippen LogP contribution < -0.4 is 11.1 Å². The maximum absolute atomic E-state index is 12.7. The van der Waals surface area contributed by atoms with Crippen LogP contribution in [0.5, 0.6) is 0 Å². The number of hydrogen-bond donors (Lipinski definition) is 2. The molecule has 1 aromatic heterocycles. The third kappa shape index (κ3) is 4.27. The molecule has 3 rings (SSSR count). The molecule has 0 spiro atoms. The third-order valence-corrected chi connectivity index (χ3v) is 5.81. The Morgan fingerprint density at radius 1 is 1.52 bits per heavy atom. The summed E-state index contributed by atoms with van der Waals surface area (Å²) >= 11 is 2.57. The number of ether oxygens (including phenoxy) is 1. The first-order chi connectivity index (χ1) is 13.8. The van der Waals surface area contributed by atoms with E-state index in [2.05, 4.69) is 22.0 Å². The highest BCUT2D eigenvalue weighted by molar-refractivity contribution is 8.00. The number of nitrogen functional groups attached to an aromatic ring is 1. The molecule has 1 aromatic rings. The normalized spacial score (nSPS) is 20.9. The van der Waals surface area contributed by atoms with Gasteiger partial charge < -0.3 is 20.6 Å². The smallest absolute Gasteiger partial charge is 0.355 e. The number of esters is 1. The lowest BCUT2D eigenvalue weighted by Gasteiger charge is -2.48. The Balaban J connectivity index is 1.69. The lowest BCUT2D eigenvalue weighted by atomic mass is 10.0. The SMILES string of the molecule is C=C(C)COC(=O)C1=CCS[C@@H]2C(NC(=O)/C(=N\OC)c3csc(N)n3)C(=O)N12. The summed E-state index contributed by atoms with van der Waals surface area (Å²) in [5.74, 6) is -1.14. The number of β-lactam (4-membered cyclic amide) rings is 1. The Labute approximate surface area is 174 Å². The van der Waals surface area contributed by atoms with Gasteiger partial charge in [0.15, 0.2) is 10.8 Å². The number of hydrogen-bond acceptors (Lipinski definition) is 10. The number of rotatable bonds is 7. The Kier molecular flexibility index (Phi) is 6.23. The van der Waals surface area contributed by atoms with Gasteiger partial charge in [-0.25, -0.2) is 9.78 Å². The number of carbonyl (C=O) groups excluding carboxylic acids is 3. The molecule has 10 nitrogen and oxygen atoms in total. The van der Waals surface area contributed by atoms with Gasteiger partial charge in [0, 0.05) is 11.1 Å². The third-order valence-electron chi connectivity index (χ3n) is 3.95. The minimum atomic E-state index is -0.817. The fourth-order valence-electron chi connectivity index (χ4n) is 2.69. The summed E-state index contributed by atoms with van der Waals surface area (Å²) in [7, 11) is 1.30. The van der Waals surface area contributed by atoms with Crippen LogP contribution in [0.4, 0.5) is 5.13 Å². The fourth-order valence-corrected chi connectivity index (χ4v) is 4.44. The van der Waals surface area contributed by atoms with Gasteiger partial charge in [0.25, 0.3) is 11.8 Å². The molecule has 1 unspecified atom stereocenters. The zero-order valence-electron chi connectivity index (χ0n) is 15.7. The number of nitrogens with one attached hydrogen (secondary N) is 1. The standard InChI is InChI=1S/C17H19N5O5S2/c1-8(2)6-27-16(25)10-4-5-28-15-12(14(24)22(10)15)20-13(23)11(21-26-3)9-7-29-17(18)19-9/h4,7,12,15H,1,5-6H2,2-3H3,(H2,18,19)(H,20,23)/b21-11-/t12?,15-/m1/s1. The van der Waals surface area contributed by atoms with Crippen LogP contribution in [-0.2, 0) is 24.0 Å². The summed E-state index contributed by atoms with van der Waals surface area (Å²) in [5.41, 5.74) is 6.62. The predicted octanol–water partition coefficient (Wildman–Crippen LogP) is 0.479. The Morgan fingerprint density at radius 2 is 2.28 bits per heavy atom. The number of anilines is 1. The average molecular weight is 438 g/mol. The second-order valence-corrected chi connectivity index (χ2v) is 8.24. The molecule has 29 heavy (non-hydrogen) atoms. The quantitative estimate of drug-likeness (QED) is 0.207. The lowest BCUT2D eigenvalue weighted by molar-refractivity contribution is -0.152. The van der Waals surface area contributed by atoms with Crippen LogP contribution in [-0.4, -0.2) is 64.3 Å². The summed E-state index contributed by atoms with van der Waals surface area (Å²) in [4.78, 5) is 47.6. The van der Waals surface area contributed by atoms with Crippen molar-refractivity contribution in [2.24, 2.45) is 5.16 Å². The number of nitrogens with zero attached hydrogens (tertiary/aromatic N) is 3. The van der Waals surface area contributed by atoms with E-state index in [4.69, 9.17) is 15.3 Å². The summed E-state index contributed by atoms with van der Waals surface area (Å²) in [6.07, 6.45) is 1.63.